The van der Waals surface area contributed by atoms with Crippen LogP contribution in [0.1, 0.15) is 6.42 Å². The standard InChI is InChI=1S/C10H11BrClNO3/c11-8-2-1-6(3-9(8)12)13-5-7(14)4-10(15)16/h1-3,7,13-14H,4-5H2,(H,15,16). The Morgan fingerprint density at radius 2 is 2.25 bits per heavy atom. The average molecular weight is 309 g/mol. The van der Waals surface area contributed by atoms with Gasteiger partial charge in [0.15, 0.2) is 0 Å². The first-order valence-electron chi connectivity index (χ1n) is 4.58. The smallest absolute Gasteiger partial charge is 0.306 e. The topological polar surface area (TPSA) is 69.6 Å². The summed E-state index contributed by atoms with van der Waals surface area (Å²) in [4.78, 5) is 10.3. The highest BCUT2D eigenvalue weighted by Crippen LogP contribution is 2.25. The molecule has 1 aromatic rings. The molecule has 0 saturated carbocycles. The Morgan fingerprint density at radius 1 is 1.56 bits per heavy atom. The number of aliphatic hydroxyl groups is 1. The second kappa shape index (κ2) is 6.08. The molecule has 6 heteroatoms. The number of aliphatic carboxylic acids is 1. The van der Waals surface area contributed by atoms with E-state index >= 15 is 0 Å². The maximum Gasteiger partial charge on any atom is 0.306 e. The second-order valence-corrected chi connectivity index (χ2v) is 4.52. The molecule has 4 nitrogen and oxygen atoms in total. The number of aliphatic hydroxyl groups excluding tert-OH is 1. The molecule has 0 radical (unpaired) electrons. The molecular formula is C10H11BrClNO3. The first-order chi connectivity index (χ1) is 7.49. The van der Waals surface area contributed by atoms with Gasteiger partial charge in [-0.25, -0.2) is 0 Å². The van der Waals surface area contributed by atoms with Gasteiger partial charge in [0.25, 0.3) is 0 Å². The molecule has 0 fully saturated rings. The number of carbonyl (C=O) groups is 1. The molecule has 1 atom stereocenters. The van der Waals surface area contributed by atoms with Crippen LogP contribution in [0, 0.1) is 0 Å². The van der Waals surface area contributed by atoms with Crippen molar-refractivity contribution < 1.29 is 15.0 Å². The summed E-state index contributed by atoms with van der Waals surface area (Å²) in [6, 6.07) is 5.25. The van der Waals surface area contributed by atoms with Crippen molar-refractivity contribution >= 4 is 39.2 Å². The van der Waals surface area contributed by atoms with Gasteiger partial charge in [0, 0.05) is 16.7 Å². The number of rotatable bonds is 5. The molecule has 16 heavy (non-hydrogen) atoms. The first kappa shape index (κ1) is 13.3. The van der Waals surface area contributed by atoms with Crippen LogP contribution in [0.2, 0.25) is 5.02 Å². The van der Waals surface area contributed by atoms with Crippen molar-refractivity contribution in [3.8, 4) is 0 Å². The van der Waals surface area contributed by atoms with Gasteiger partial charge in [-0.1, -0.05) is 11.6 Å². The Labute approximate surface area is 106 Å². The van der Waals surface area contributed by atoms with Crippen molar-refractivity contribution in [2.75, 3.05) is 11.9 Å². The molecule has 0 aliphatic carbocycles. The van der Waals surface area contributed by atoms with Gasteiger partial charge in [0.05, 0.1) is 17.5 Å². The van der Waals surface area contributed by atoms with Crippen LogP contribution in [0.15, 0.2) is 22.7 Å². The van der Waals surface area contributed by atoms with E-state index in [-0.39, 0.29) is 13.0 Å². The van der Waals surface area contributed by atoms with Gasteiger partial charge in [-0.2, -0.15) is 0 Å². The van der Waals surface area contributed by atoms with Crippen LogP contribution in [0.25, 0.3) is 0 Å². The van der Waals surface area contributed by atoms with E-state index in [9.17, 15) is 9.90 Å². The number of carboxylic acids is 1. The molecule has 0 aromatic heterocycles. The number of hydrogen-bond acceptors (Lipinski definition) is 3. The molecule has 1 aromatic carbocycles. The van der Waals surface area contributed by atoms with E-state index in [2.05, 4.69) is 21.2 Å². The molecule has 3 N–H and O–H groups in total. The number of carboxylic acid groups (broad SMARTS) is 1. The monoisotopic (exact) mass is 307 g/mol. The summed E-state index contributed by atoms with van der Waals surface area (Å²) in [7, 11) is 0. The zero-order valence-electron chi connectivity index (χ0n) is 8.28. The fourth-order valence-corrected chi connectivity index (χ4v) is 1.54. The van der Waals surface area contributed by atoms with E-state index < -0.39 is 12.1 Å². The molecule has 0 amide bonds. The largest absolute Gasteiger partial charge is 0.481 e. The zero-order valence-corrected chi connectivity index (χ0v) is 10.6. The van der Waals surface area contributed by atoms with Crippen LogP contribution in [0.4, 0.5) is 5.69 Å². The van der Waals surface area contributed by atoms with Crippen molar-refractivity contribution in [2.45, 2.75) is 12.5 Å². The minimum Gasteiger partial charge on any atom is -0.481 e. The van der Waals surface area contributed by atoms with Crippen LogP contribution in [0.3, 0.4) is 0 Å². The quantitative estimate of drug-likeness (QED) is 0.781. The molecule has 1 rings (SSSR count). The number of nitrogens with one attached hydrogen (secondary N) is 1. The van der Waals surface area contributed by atoms with Crippen LogP contribution in [0.5, 0.6) is 0 Å². The Kier molecular flexibility index (Phi) is 5.05. The van der Waals surface area contributed by atoms with Gasteiger partial charge in [0.2, 0.25) is 0 Å². The lowest BCUT2D eigenvalue weighted by Gasteiger charge is -2.11. The van der Waals surface area contributed by atoms with Crippen LogP contribution >= 0.6 is 27.5 Å². The van der Waals surface area contributed by atoms with Crippen molar-refractivity contribution in [2.24, 2.45) is 0 Å². The fraction of sp³-hybridized carbons (Fsp3) is 0.300. The maximum atomic E-state index is 10.3. The summed E-state index contributed by atoms with van der Waals surface area (Å²) in [5.41, 5.74) is 0.734. The van der Waals surface area contributed by atoms with Crippen LogP contribution in [-0.2, 0) is 4.79 Å². The molecule has 88 valence electrons. The summed E-state index contributed by atoms with van der Waals surface area (Å²) in [5.74, 6) is -1.02. The Morgan fingerprint density at radius 3 is 2.81 bits per heavy atom. The second-order valence-electron chi connectivity index (χ2n) is 3.26. The fourth-order valence-electron chi connectivity index (χ4n) is 1.12. The van der Waals surface area contributed by atoms with Gasteiger partial charge in [0.1, 0.15) is 0 Å². The zero-order chi connectivity index (χ0) is 12.1. The molecule has 0 bridgehead atoms. The summed E-state index contributed by atoms with van der Waals surface area (Å²) >= 11 is 9.13. The lowest BCUT2D eigenvalue weighted by atomic mass is 10.2. The van der Waals surface area contributed by atoms with Crippen molar-refractivity contribution in [3.63, 3.8) is 0 Å². The highest BCUT2D eigenvalue weighted by molar-refractivity contribution is 9.10. The summed E-state index contributed by atoms with van der Waals surface area (Å²) in [6.07, 6.45) is -1.20. The number of anilines is 1. The maximum absolute atomic E-state index is 10.3. The molecule has 0 spiro atoms. The Hall–Kier alpha value is -0.780. The van der Waals surface area contributed by atoms with Crippen LogP contribution < -0.4 is 5.32 Å². The summed E-state index contributed by atoms with van der Waals surface area (Å²) < 4.78 is 0.783. The van der Waals surface area contributed by atoms with E-state index in [1.54, 1.807) is 18.2 Å². The van der Waals surface area contributed by atoms with Crippen molar-refractivity contribution in [3.05, 3.63) is 27.7 Å². The van der Waals surface area contributed by atoms with E-state index in [0.29, 0.717) is 5.02 Å². The predicted octanol–water partition coefficient (Wildman–Crippen LogP) is 2.35. The highest BCUT2D eigenvalue weighted by Gasteiger charge is 2.09. The van der Waals surface area contributed by atoms with Gasteiger partial charge in [-0.05, 0) is 34.1 Å². The Bertz CT molecular complexity index is 386. The van der Waals surface area contributed by atoms with E-state index in [0.717, 1.165) is 10.2 Å². The van der Waals surface area contributed by atoms with Crippen molar-refractivity contribution in [1.82, 2.24) is 0 Å². The minimum absolute atomic E-state index is 0.171. The molecule has 0 aliphatic rings. The minimum atomic E-state index is -1.02. The SMILES string of the molecule is O=C(O)CC(O)CNc1ccc(Br)c(Cl)c1. The molecular weight excluding hydrogens is 297 g/mol. The summed E-state index contributed by atoms with van der Waals surface area (Å²) in [5, 5.41) is 21.2. The highest BCUT2D eigenvalue weighted by atomic mass is 79.9. The first-order valence-corrected chi connectivity index (χ1v) is 5.75. The van der Waals surface area contributed by atoms with Gasteiger partial charge < -0.3 is 15.5 Å². The van der Waals surface area contributed by atoms with E-state index in [1.165, 1.54) is 0 Å². The van der Waals surface area contributed by atoms with E-state index in [4.69, 9.17) is 16.7 Å². The lowest BCUT2D eigenvalue weighted by molar-refractivity contribution is -0.138. The third-order valence-corrected chi connectivity index (χ3v) is 3.10. The third kappa shape index (κ3) is 4.38. The molecule has 0 saturated heterocycles. The Balaban J connectivity index is 2.48. The van der Waals surface area contributed by atoms with Crippen molar-refractivity contribution in [1.29, 1.82) is 0 Å². The van der Waals surface area contributed by atoms with Gasteiger partial charge in [-0.3, -0.25) is 4.79 Å². The lowest BCUT2D eigenvalue weighted by Crippen LogP contribution is -2.22. The number of hydrogen-bond donors (Lipinski definition) is 3. The number of benzene rings is 1. The summed E-state index contributed by atoms with van der Waals surface area (Å²) in [6.45, 7) is 0.171. The van der Waals surface area contributed by atoms with Gasteiger partial charge in [-0.15, -0.1) is 0 Å². The normalized spacial score (nSPS) is 12.2. The predicted molar refractivity (Wildman–Crippen MR) is 65.9 cm³/mol. The molecule has 0 aliphatic heterocycles. The molecule has 1 unspecified atom stereocenters. The average Bonchev–Trinajstić information content (AvgIpc) is 2.19. The van der Waals surface area contributed by atoms with Gasteiger partial charge >= 0.3 is 5.97 Å². The van der Waals surface area contributed by atoms with E-state index in [1.807, 2.05) is 0 Å². The molecule has 0 heterocycles. The third-order valence-electron chi connectivity index (χ3n) is 1.87. The number of halogens is 2. The van der Waals surface area contributed by atoms with Crippen LogP contribution in [-0.4, -0.2) is 28.8 Å².